The maximum Gasteiger partial charge on any atom is 0.0657 e. The topological polar surface area (TPSA) is 35.8 Å². The van der Waals surface area contributed by atoms with Crippen LogP contribution in [0.2, 0.25) is 0 Å². The number of nitrogens with zero attached hydrogens (tertiary/aromatic N) is 2. The van der Waals surface area contributed by atoms with Gasteiger partial charge in [-0.3, -0.25) is 4.90 Å². The molecule has 0 spiro atoms. The van der Waals surface area contributed by atoms with Gasteiger partial charge in [-0.25, -0.2) is 0 Å². The minimum absolute atomic E-state index is 0.478. The lowest BCUT2D eigenvalue weighted by atomic mass is 9.76. The van der Waals surface area contributed by atoms with E-state index < -0.39 is 0 Å². The lowest BCUT2D eigenvalue weighted by molar-refractivity contribution is 0.161. The summed E-state index contributed by atoms with van der Waals surface area (Å²) in [6.07, 6.45) is 3.65. The Morgan fingerprint density at radius 1 is 1.11 bits per heavy atom. The summed E-state index contributed by atoms with van der Waals surface area (Å²) in [4.78, 5) is 2.51. The van der Waals surface area contributed by atoms with Crippen LogP contribution in [0.1, 0.15) is 24.8 Å². The monoisotopic (exact) mass is 244 g/mol. The molecule has 1 N–H and O–H groups in total. The number of benzene rings is 1. The number of oxime groups is 1. The van der Waals surface area contributed by atoms with Gasteiger partial charge in [0.15, 0.2) is 0 Å². The molecule has 18 heavy (non-hydrogen) atoms. The van der Waals surface area contributed by atoms with E-state index in [2.05, 4.69) is 40.4 Å². The van der Waals surface area contributed by atoms with Gasteiger partial charge in [0.25, 0.3) is 0 Å². The molecule has 1 saturated heterocycles. The van der Waals surface area contributed by atoms with Gasteiger partial charge in [0.05, 0.1) is 5.71 Å². The second-order valence-electron chi connectivity index (χ2n) is 5.53. The van der Waals surface area contributed by atoms with Crippen LogP contribution in [-0.2, 0) is 6.54 Å². The van der Waals surface area contributed by atoms with E-state index in [-0.39, 0.29) is 0 Å². The molecule has 1 aliphatic carbocycles. The molecule has 1 aliphatic heterocycles. The van der Waals surface area contributed by atoms with E-state index in [1.807, 2.05) is 0 Å². The number of piperidine rings is 1. The lowest BCUT2D eigenvalue weighted by Gasteiger charge is -2.41. The molecular formula is C15H20N2O. The van der Waals surface area contributed by atoms with Crippen LogP contribution < -0.4 is 0 Å². The quantitative estimate of drug-likeness (QED) is 0.641. The average molecular weight is 244 g/mol. The number of likely N-dealkylation sites (tertiary alicyclic amines) is 1. The molecule has 1 aromatic rings. The van der Waals surface area contributed by atoms with E-state index in [0.717, 1.165) is 25.3 Å². The highest BCUT2D eigenvalue weighted by atomic mass is 16.4. The highest BCUT2D eigenvalue weighted by Crippen LogP contribution is 2.33. The minimum atomic E-state index is 0.478. The lowest BCUT2D eigenvalue weighted by Crippen LogP contribution is -2.48. The predicted molar refractivity (Wildman–Crippen MR) is 71.8 cm³/mol. The molecule has 0 amide bonds. The van der Waals surface area contributed by atoms with Crippen LogP contribution in [0.15, 0.2) is 35.5 Å². The maximum absolute atomic E-state index is 9.14. The summed E-state index contributed by atoms with van der Waals surface area (Å²) in [5.41, 5.74) is 2.44. The Labute approximate surface area is 108 Å². The zero-order valence-corrected chi connectivity index (χ0v) is 10.6. The first-order chi connectivity index (χ1) is 8.86. The third kappa shape index (κ3) is 2.27. The summed E-state index contributed by atoms with van der Waals surface area (Å²) in [6, 6.07) is 10.6. The molecule has 2 atom stereocenters. The van der Waals surface area contributed by atoms with Crippen LogP contribution in [0.4, 0.5) is 0 Å². The van der Waals surface area contributed by atoms with E-state index in [1.165, 1.54) is 24.8 Å². The van der Waals surface area contributed by atoms with Crippen LogP contribution in [0, 0.1) is 11.8 Å². The molecule has 0 aromatic heterocycles. The summed E-state index contributed by atoms with van der Waals surface area (Å²) in [7, 11) is 0. The Balaban J connectivity index is 1.70. The van der Waals surface area contributed by atoms with Crippen LogP contribution >= 0.6 is 0 Å². The molecule has 3 heteroatoms. The summed E-state index contributed by atoms with van der Waals surface area (Å²) in [6.45, 7) is 3.11. The Kier molecular flexibility index (Phi) is 3.33. The van der Waals surface area contributed by atoms with Crippen LogP contribution in [0.3, 0.4) is 0 Å². The van der Waals surface area contributed by atoms with Crippen molar-refractivity contribution >= 4 is 5.71 Å². The second-order valence-corrected chi connectivity index (χ2v) is 5.53. The van der Waals surface area contributed by atoms with Gasteiger partial charge in [-0.15, -0.1) is 0 Å². The molecule has 2 fully saturated rings. The first-order valence-electron chi connectivity index (χ1n) is 6.85. The second kappa shape index (κ2) is 5.11. The van der Waals surface area contributed by atoms with Crippen molar-refractivity contribution in [2.24, 2.45) is 17.0 Å². The highest BCUT2D eigenvalue weighted by Gasteiger charge is 2.36. The number of hydrogen-bond acceptors (Lipinski definition) is 3. The first-order valence-corrected chi connectivity index (χ1v) is 6.85. The van der Waals surface area contributed by atoms with Gasteiger partial charge < -0.3 is 5.21 Å². The van der Waals surface area contributed by atoms with E-state index in [1.54, 1.807) is 0 Å². The normalized spacial score (nSPS) is 28.1. The van der Waals surface area contributed by atoms with Crippen molar-refractivity contribution in [1.29, 1.82) is 0 Å². The predicted octanol–water partition coefficient (Wildman–Crippen LogP) is 2.75. The molecule has 1 aromatic carbocycles. The fraction of sp³-hybridized carbons (Fsp3) is 0.533. The van der Waals surface area contributed by atoms with Gasteiger partial charge >= 0.3 is 0 Å². The smallest absolute Gasteiger partial charge is 0.0657 e. The third-order valence-corrected chi connectivity index (χ3v) is 4.26. The van der Waals surface area contributed by atoms with E-state index in [9.17, 15) is 0 Å². The van der Waals surface area contributed by atoms with E-state index in [4.69, 9.17) is 5.21 Å². The van der Waals surface area contributed by atoms with Gasteiger partial charge in [-0.05, 0) is 18.4 Å². The van der Waals surface area contributed by atoms with Gasteiger partial charge in [-0.2, -0.15) is 0 Å². The molecule has 2 bridgehead atoms. The Morgan fingerprint density at radius 3 is 2.39 bits per heavy atom. The van der Waals surface area contributed by atoms with Gasteiger partial charge in [0.2, 0.25) is 0 Å². The fourth-order valence-corrected chi connectivity index (χ4v) is 3.44. The fourth-order valence-electron chi connectivity index (χ4n) is 3.44. The Morgan fingerprint density at radius 2 is 1.78 bits per heavy atom. The van der Waals surface area contributed by atoms with E-state index in [0.29, 0.717) is 11.8 Å². The molecular weight excluding hydrogens is 224 g/mol. The molecule has 1 heterocycles. The molecule has 0 radical (unpaired) electrons. The molecule has 3 nitrogen and oxygen atoms in total. The zero-order valence-electron chi connectivity index (χ0n) is 10.6. The van der Waals surface area contributed by atoms with Gasteiger partial charge in [-0.1, -0.05) is 41.9 Å². The zero-order chi connectivity index (χ0) is 12.4. The highest BCUT2D eigenvalue weighted by molar-refractivity contribution is 5.90. The summed E-state index contributed by atoms with van der Waals surface area (Å²) >= 11 is 0. The first kappa shape index (κ1) is 11.7. The molecule has 3 rings (SSSR count). The van der Waals surface area contributed by atoms with Crippen LogP contribution in [0.5, 0.6) is 0 Å². The summed E-state index contributed by atoms with van der Waals surface area (Å²) in [5, 5.41) is 12.7. The number of hydrogen-bond donors (Lipinski definition) is 1. The largest absolute Gasteiger partial charge is 0.411 e. The molecule has 96 valence electrons. The third-order valence-electron chi connectivity index (χ3n) is 4.26. The molecule has 2 aliphatic rings. The van der Waals surface area contributed by atoms with Crippen molar-refractivity contribution in [3.05, 3.63) is 35.9 Å². The van der Waals surface area contributed by atoms with Crippen molar-refractivity contribution < 1.29 is 5.21 Å². The Bertz CT molecular complexity index is 413. The van der Waals surface area contributed by atoms with Crippen LogP contribution in [-0.4, -0.2) is 28.9 Å². The molecule has 0 unspecified atom stereocenters. The van der Waals surface area contributed by atoms with Crippen molar-refractivity contribution in [3.63, 3.8) is 0 Å². The van der Waals surface area contributed by atoms with Crippen molar-refractivity contribution in [3.8, 4) is 0 Å². The number of rotatable bonds is 2. The minimum Gasteiger partial charge on any atom is -0.411 e. The van der Waals surface area contributed by atoms with Gasteiger partial charge in [0, 0.05) is 31.5 Å². The standard InChI is InChI=1S/C15H20N2O/c18-16-15-13-7-4-8-14(15)11-17(10-13)9-12-5-2-1-3-6-12/h1-3,5-6,13-14,18H,4,7-11H2/t13-,14-/m1/s1. The summed E-state index contributed by atoms with van der Waals surface area (Å²) in [5.74, 6) is 0.956. The van der Waals surface area contributed by atoms with Crippen molar-refractivity contribution in [1.82, 2.24) is 4.90 Å². The average Bonchev–Trinajstić information content (AvgIpc) is 2.39. The van der Waals surface area contributed by atoms with Crippen molar-refractivity contribution in [2.45, 2.75) is 25.8 Å². The summed E-state index contributed by atoms with van der Waals surface area (Å²) < 4.78 is 0. The van der Waals surface area contributed by atoms with E-state index >= 15 is 0 Å². The number of fused-ring (bicyclic) bond motifs is 2. The maximum atomic E-state index is 9.14. The molecule has 1 saturated carbocycles. The van der Waals surface area contributed by atoms with Crippen LogP contribution in [0.25, 0.3) is 0 Å². The van der Waals surface area contributed by atoms with Crippen molar-refractivity contribution in [2.75, 3.05) is 13.1 Å². The van der Waals surface area contributed by atoms with Gasteiger partial charge in [0.1, 0.15) is 0 Å². The Hall–Kier alpha value is -1.35. The SMILES string of the molecule is ON=C1[C@@H]2CCC[C@@H]1CN(Cc1ccccc1)C2.